The van der Waals surface area contributed by atoms with Gasteiger partial charge in [-0.2, -0.15) is 0 Å². The lowest BCUT2D eigenvalue weighted by Crippen LogP contribution is -2.20. The Morgan fingerprint density at radius 1 is 0.933 bits per heavy atom. The molecule has 2 N–H and O–H groups in total. The van der Waals surface area contributed by atoms with Gasteiger partial charge in [0.1, 0.15) is 5.75 Å². The number of benzene rings is 3. The lowest BCUT2D eigenvalue weighted by Gasteiger charge is -2.12. The predicted molar refractivity (Wildman–Crippen MR) is 126 cm³/mol. The third-order valence-electron chi connectivity index (χ3n) is 4.25. The summed E-state index contributed by atoms with van der Waals surface area (Å²) in [5.41, 5.74) is 2.83. The molecule has 0 saturated carbocycles. The molecule has 0 spiro atoms. The SMILES string of the molecule is Cc1ccc(NS(=O)(=O)c2ccc(OCC(=O)Nc3ccc(I)cc3)c(C)c2)cc1. The first-order chi connectivity index (χ1) is 14.2. The van der Waals surface area contributed by atoms with E-state index in [2.05, 4.69) is 32.6 Å². The smallest absolute Gasteiger partial charge is 0.262 e. The quantitative estimate of drug-likeness (QED) is 0.428. The maximum Gasteiger partial charge on any atom is 0.262 e. The zero-order valence-corrected chi connectivity index (χ0v) is 19.5. The van der Waals surface area contributed by atoms with Gasteiger partial charge in [-0.3, -0.25) is 9.52 Å². The summed E-state index contributed by atoms with van der Waals surface area (Å²) >= 11 is 2.19. The molecule has 0 aliphatic rings. The van der Waals surface area contributed by atoms with E-state index in [1.54, 1.807) is 25.1 Å². The van der Waals surface area contributed by atoms with Crippen LogP contribution in [0.5, 0.6) is 5.75 Å². The number of sulfonamides is 1. The summed E-state index contributed by atoms with van der Waals surface area (Å²) in [5.74, 6) is 0.149. The average molecular weight is 536 g/mol. The van der Waals surface area contributed by atoms with Crippen LogP contribution in [0.1, 0.15) is 11.1 Å². The van der Waals surface area contributed by atoms with E-state index in [0.29, 0.717) is 22.7 Å². The first-order valence-corrected chi connectivity index (χ1v) is 11.7. The highest BCUT2D eigenvalue weighted by Gasteiger charge is 2.16. The van der Waals surface area contributed by atoms with Crippen LogP contribution in [0.25, 0.3) is 0 Å². The van der Waals surface area contributed by atoms with Gasteiger partial charge >= 0.3 is 0 Å². The molecule has 156 valence electrons. The largest absolute Gasteiger partial charge is 0.483 e. The zero-order valence-electron chi connectivity index (χ0n) is 16.5. The molecule has 30 heavy (non-hydrogen) atoms. The highest BCUT2D eigenvalue weighted by atomic mass is 127. The van der Waals surface area contributed by atoms with E-state index in [4.69, 9.17) is 4.74 Å². The molecule has 3 aromatic carbocycles. The molecule has 0 bridgehead atoms. The third-order valence-corrected chi connectivity index (χ3v) is 6.35. The summed E-state index contributed by atoms with van der Waals surface area (Å²) in [6, 6.07) is 19.0. The summed E-state index contributed by atoms with van der Waals surface area (Å²) in [7, 11) is -3.73. The van der Waals surface area contributed by atoms with Gasteiger partial charge in [-0.05, 0) is 96.6 Å². The second-order valence-corrected chi connectivity index (χ2v) is 9.67. The molecule has 0 radical (unpaired) electrons. The van der Waals surface area contributed by atoms with E-state index in [9.17, 15) is 13.2 Å². The number of halogens is 1. The van der Waals surface area contributed by atoms with Gasteiger partial charge in [0.2, 0.25) is 0 Å². The van der Waals surface area contributed by atoms with Crippen LogP contribution in [0.2, 0.25) is 0 Å². The summed E-state index contributed by atoms with van der Waals surface area (Å²) in [6.07, 6.45) is 0. The fourth-order valence-corrected chi connectivity index (χ4v) is 4.16. The van der Waals surface area contributed by atoms with E-state index < -0.39 is 10.0 Å². The number of hydrogen-bond donors (Lipinski definition) is 2. The molecule has 0 atom stereocenters. The number of carbonyl (C=O) groups excluding carboxylic acids is 1. The highest BCUT2D eigenvalue weighted by Crippen LogP contribution is 2.24. The van der Waals surface area contributed by atoms with Crippen LogP contribution in [0, 0.1) is 17.4 Å². The van der Waals surface area contributed by atoms with Crippen molar-refractivity contribution >= 4 is 49.9 Å². The van der Waals surface area contributed by atoms with Crippen LogP contribution >= 0.6 is 22.6 Å². The van der Waals surface area contributed by atoms with Crippen LogP contribution in [0.4, 0.5) is 11.4 Å². The van der Waals surface area contributed by atoms with Crippen molar-refractivity contribution in [3.8, 4) is 5.75 Å². The Kier molecular flexibility index (Phi) is 6.99. The van der Waals surface area contributed by atoms with Crippen molar-refractivity contribution in [2.75, 3.05) is 16.6 Å². The molecular weight excluding hydrogens is 515 g/mol. The number of aryl methyl sites for hydroxylation is 2. The second kappa shape index (κ2) is 9.48. The number of ether oxygens (including phenoxy) is 1. The van der Waals surface area contributed by atoms with Gasteiger partial charge < -0.3 is 10.1 Å². The minimum atomic E-state index is -3.73. The number of nitrogens with one attached hydrogen (secondary N) is 2. The Morgan fingerprint density at radius 2 is 1.57 bits per heavy atom. The number of amides is 1. The van der Waals surface area contributed by atoms with Gasteiger partial charge in [0, 0.05) is 14.9 Å². The van der Waals surface area contributed by atoms with E-state index >= 15 is 0 Å². The Balaban J connectivity index is 1.63. The van der Waals surface area contributed by atoms with Gasteiger partial charge in [0.15, 0.2) is 6.61 Å². The fourth-order valence-electron chi connectivity index (χ4n) is 2.66. The summed E-state index contributed by atoms with van der Waals surface area (Å²) in [5, 5.41) is 2.75. The highest BCUT2D eigenvalue weighted by molar-refractivity contribution is 14.1. The molecule has 8 heteroatoms. The minimum Gasteiger partial charge on any atom is -0.483 e. The molecule has 0 aliphatic carbocycles. The normalized spacial score (nSPS) is 11.0. The fraction of sp³-hybridized carbons (Fsp3) is 0.136. The standard InChI is InChI=1S/C22H21IN2O4S/c1-15-3-7-19(8-4-15)25-30(27,28)20-11-12-21(16(2)13-20)29-14-22(26)24-18-9-5-17(23)6-10-18/h3-13,25H,14H2,1-2H3,(H,24,26). The van der Waals surface area contributed by atoms with Gasteiger partial charge in [-0.1, -0.05) is 17.7 Å². The van der Waals surface area contributed by atoms with Gasteiger partial charge in [-0.15, -0.1) is 0 Å². The Bertz CT molecular complexity index is 1140. The lowest BCUT2D eigenvalue weighted by atomic mass is 10.2. The van der Waals surface area contributed by atoms with Crippen molar-refractivity contribution in [1.82, 2.24) is 0 Å². The molecule has 0 heterocycles. The van der Waals surface area contributed by atoms with E-state index in [0.717, 1.165) is 9.13 Å². The van der Waals surface area contributed by atoms with Crippen LogP contribution in [0.3, 0.4) is 0 Å². The Hall–Kier alpha value is -2.59. The molecule has 0 aliphatic heterocycles. The number of hydrogen-bond acceptors (Lipinski definition) is 4. The van der Waals surface area contributed by atoms with Crippen molar-refractivity contribution in [3.05, 3.63) is 81.4 Å². The molecule has 0 aromatic heterocycles. The Labute approximate surface area is 189 Å². The van der Waals surface area contributed by atoms with E-state index in [1.807, 2.05) is 43.3 Å². The van der Waals surface area contributed by atoms with Gasteiger partial charge in [-0.25, -0.2) is 8.42 Å². The van der Waals surface area contributed by atoms with E-state index in [-0.39, 0.29) is 17.4 Å². The first-order valence-electron chi connectivity index (χ1n) is 9.11. The topological polar surface area (TPSA) is 84.5 Å². The van der Waals surface area contributed by atoms with Crippen LogP contribution in [-0.2, 0) is 14.8 Å². The lowest BCUT2D eigenvalue weighted by molar-refractivity contribution is -0.118. The number of rotatable bonds is 7. The van der Waals surface area contributed by atoms with Crippen molar-refractivity contribution in [2.45, 2.75) is 18.7 Å². The maximum atomic E-state index is 12.6. The van der Waals surface area contributed by atoms with Crippen molar-refractivity contribution < 1.29 is 17.9 Å². The molecule has 0 unspecified atom stereocenters. The predicted octanol–water partition coefficient (Wildman–Crippen LogP) is 4.73. The van der Waals surface area contributed by atoms with Crippen LogP contribution in [-0.4, -0.2) is 20.9 Å². The molecular formula is C22H21IN2O4S. The summed E-state index contributed by atoms with van der Waals surface area (Å²) in [4.78, 5) is 12.2. The van der Waals surface area contributed by atoms with E-state index in [1.165, 1.54) is 12.1 Å². The second-order valence-electron chi connectivity index (χ2n) is 6.74. The zero-order chi connectivity index (χ0) is 21.7. The molecule has 1 amide bonds. The van der Waals surface area contributed by atoms with Crippen molar-refractivity contribution in [3.63, 3.8) is 0 Å². The molecule has 3 aromatic rings. The molecule has 6 nitrogen and oxygen atoms in total. The molecule has 0 fully saturated rings. The Morgan fingerprint density at radius 3 is 2.20 bits per heavy atom. The van der Waals surface area contributed by atoms with Gasteiger partial charge in [0.25, 0.3) is 15.9 Å². The molecule has 0 saturated heterocycles. The summed E-state index contributed by atoms with van der Waals surface area (Å²) in [6.45, 7) is 3.49. The number of anilines is 2. The summed E-state index contributed by atoms with van der Waals surface area (Å²) < 4.78 is 34.4. The first kappa shape index (κ1) is 22.1. The monoisotopic (exact) mass is 536 g/mol. The maximum absolute atomic E-state index is 12.6. The number of carbonyl (C=O) groups is 1. The third kappa shape index (κ3) is 5.96. The minimum absolute atomic E-state index is 0.122. The van der Waals surface area contributed by atoms with Crippen molar-refractivity contribution in [1.29, 1.82) is 0 Å². The molecule has 3 rings (SSSR count). The van der Waals surface area contributed by atoms with Crippen LogP contribution < -0.4 is 14.8 Å². The van der Waals surface area contributed by atoms with Gasteiger partial charge in [0.05, 0.1) is 4.90 Å². The van der Waals surface area contributed by atoms with Crippen LogP contribution in [0.15, 0.2) is 71.6 Å². The van der Waals surface area contributed by atoms with Crippen molar-refractivity contribution in [2.24, 2.45) is 0 Å². The average Bonchev–Trinajstić information content (AvgIpc) is 2.70.